The van der Waals surface area contributed by atoms with E-state index in [2.05, 4.69) is 0 Å². The Kier molecular flexibility index (Phi) is 7.16. The molecular weight excluding hydrogens is 424 g/mol. The Labute approximate surface area is 181 Å². The van der Waals surface area contributed by atoms with Crippen molar-refractivity contribution in [3.63, 3.8) is 0 Å². The molecule has 31 heavy (non-hydrogen) atoms. The predicted molar refractivity (Wildman–Crippen MR) is 111 cm³/mol. The van der Waals surface area contributed by atoms with Gasteiger partial charge in [-0.1, -0.05) is 12.1 Å². The maximum Gasteiger partial charge on any atom is 0.264 e. The van der Waals surface area contributed by atoms with Crippen LogP contribution in [0.25, 0.3) is 0 Å². The molecule has 1 heterocycles. The summed E-state index contributed by atoms with van der Waals surface area (Å²) in [6.45, 7) is 3.59. The number of hydrogen-bond acceptors (Lipinski definition) is 7. The largest absolute Gasteiger partial charge is 0.497 e. The van der Waals surface area contributed by atoms with E-state index in [-0.39, 0.29) is 11.4 Å². The first kappa shape index (κ1) is 23.0. The van der Waals surface area contributed by atoms with E-state index in [1.807, 2.05) is 24.3 Å². The Morgan fingerprint density at radius 3 is 2.55 bits per heavy atom. The monoisotopic (exact) mass is 450 g/mol. The maximum absolute atomic E-state index is 13.2. The van der Waals surface area contributed by atoms with E-state index >= 15 is 0 Å². The second kappa shape index (κ2) is 9.65. The van der Waals surface area contributed by atoms with Gasteiger partial charge in [0.05, 0.1) is 24.2 Å². The summed E-state index contributed by atoms with van der Waals surface area (Å²) in [7, 11) is -2.43. The van der Waals surface area contributed by atoms with E-state index in [1.54, 1.807) is 33.1 Å². The lowest BCUT2D eigenvalue weighted by Crippen LogP contribution is -2.60. The molecule has 0 spiro atoms. The van der Waals surface area contributed by atoms with Crippen molar-refractivity contribution in [2.45, 2.75) is 43.6 Å². The molecule has 1 fully saturated rings. The van der Waals surface area contributed by atoms with Crippen LogP contribution in [-0.2, 0) is 26.2 Å². The van der Waals surface area contributed by atoms with Crippen molar-refractivity contribution >= 4 is 15.9 Å². The van der Waals surface area contributed by atoms with Crippen LogP contribution in [0.3, 0.4) is 0 Å². The van der Waals surface area contributed by atoms with Crippen LogP contribution in [0.2, 0.25) is 0 Å². The first-order chi connectivity index (χ1) is 14.8. The van der Waals surface area contributed by atoms with Crippen molar-refractivity contribution in [1.82, 2.24) is 9.79 Å². The molecule has 168 valence electrons. The average molecular weight is 451 g/mol. The first-order valence-corrected chi connectivity index (χ1v) is 11.2. The van der Waals surface area contributed by atoms with Crippen LogP contribution >= 0.6 is 0 Å². The quantitative estimate of drug-likeness (QED) is 0.489. The number of benzene rings is 2. The zero-order valence-corrected chi connectivity index (χ0v) is 18.3. The van der Waals surface area contributed by atoms with Gasteiger partial charge in [-0.15, -0.1) is 0 Å². The predicted octanol–water partition coefficient (Wildman–Crippen LogP) is 1.95. The van der Waals surface area contributed by atoms with Gasteiger partial charge < -0.3 is 14.2 Å². The van der Waals surface area contributed by atoms with Crippen LogP contribution in [0, 0.1) is 0 Å². The third-order valence-corrected chi connectivity index (χ3v) is 6.85. The van der Waals surface area contributed by atoms with Crippen molar-refractivity contribution in [2.75, 3.05) is 13.7 Å². The first-order valence-electron chi connectivity index (χ1n) is 9.73. The normalized spacial score (nSPS) is 22.0. The van der Waals surface area contributed by atoms with Gasteiger partial charge in [-0.3, -0.25) is 10.0 Å². The summed E-state index contributed by atoms with van der Waals surface area (Å²) < 4.78 is 44.0. The highest BCUT2D eigenvalue weighted by molar-refractivity contribution is 7.89. The molecule has 1 aliphatic rings. The molecule has 0 bridgehead atoms. The molecule has 1 amide bonds. The number of hydroxylamine groups is 1. The molecule has 3 rings (SSSR count). The van der Waals surface area contributed by atoms with Gasteiger partial charge in [-0.25, -0.2) is 13.9 Å². The van der Waals surface area contributed by atoms with Gasteiger partial charge >= 0.3 is 0 Å². The third kappa shape index (κ3) is 5.16. The number of carbonyl (C=O) groups excluding carboxylic acids is 1. The summed E-state index contributed by atoms with van der Waals surface area (Å²) in [4.78, 5) is 12.1. The van der Waals surface area contributed by atoms with Crippen molar-refractivity contribution in [2.24, 2.45) is 0 Å². The Balaban J connectivity index is 1.77. The fourth-order valence-electron chi connectivity index (χ4n) is 3.51. The zero-order valence-electron chi connectivity index (χ0n) is 17.5. The summed E-state index contributed by atoms with van der Waals surface area (Å²) in [6, 6.07) is 12.2. The fraction of sp³-hybridized carbons (Fsp3) is 0.381. The number of nitrogens with one attached hydrogen (secondary N) is 1. The highest BCUT2D eigenvalue weighted by Gasteiger charge is 2.44. The molecule has 0 saturated carbocycles. The average Bonchev–Trinajstić information content (AvgIpc) is 2.77. The SMILES string of the molecule is COc1cccc(COc2ccc(S(=O)(=O)N3C[C@H](C)O[C@@H](C)[C@@H]3C(=O)NO)cc2)c1. The van der Waals surface area contributed by atoms with E-state index in [0.29, 0.717) is 12.4 Å². The van der Waals surface area contributed by atoms with Crippen LogP contribution in [0.5, 0.6) is 11.5 Å². The van der Waals surface area contributed by atoms with Crippen molar-refractivity contribution in [3.05, 3.63) is 54.1 Å². The number of sulfonamides is 1. The lowest BCUT2D eigenvalue weighted by molar-refractivity contribution is -0.146. The Morgan fingerprint density at radius 2 is 1.90 bits per heavy atom. The topological polar surface area (TPSA) is 114 Å². The minimum atomic E-state index is -4.02. The molecule has 1 saturated heterocycles. The van der Waals surface area contributed by atoms with E-state index in [9.17, 15) is 13.2 Å². The highest BCUT2D eigenvalue weighted by atomic mass is 32.2. The summed E-state index contributed by atoms with van der Waals surface area (Å²) in [6.07, 6.45) is -1.13. The van der Waals surface area contributed by atoms with Gasteiger partial charge in [0.2, 0.25) is 10.0 Å². The molecule has 0 aromatic heterocycles. The van der Waals surface area contributed by atoms with Gasteiger partial charge in [0.15, 0.2) is 0 Å². The fourth-order valence-corrected chi connectivity index (χ4v) is 5.24. The van der Waals surface area contributed by atoms with Crippen LogP contribution in [0.1, 0.15) is 19.4 Å². The summed E-state index contributed by atoms with van der Waals surface area (Å²) in [5, 5.41) is 9.05. The minimum absolute atomic E-state index is 0.0123. The van der Waals surface area contributed by atoms with E-state index in [1.165, 1.54) is 17.6 Å². The summed E-state index contributed by atoms with van der Waals surface area (Å²) >= 11 is 0. The highest BCUT2D eigenvalue weighted by Crippen LogP contribution is 2.27. The molecule has 2 aromatic rings. The van der Waals surface area contributed by atoms with E-state index in [0.717, 1.165) is 15.6 Å². The molecule has 2 N–H and O–H groups in total. The van der Waals surface area contributed by atoms with Gasteiger partial charge in [0.1, 0.15) is 24.1 Å². The number of morpholine rings is 1. The lowest BCUT2D eigenvalue weighted by Gasteiger charge is -2.40. The van der Waals surface area contributed by atoms with Crippen LogP contribution in [-0.4, -0.2) is 55.7 Å². The molecule has 3 atom stereocenters. The number of ether oxygens (including phenoxy) is 3. The van der Waals surface area contributed by atoms with Crippen LogP contribution in [0.4, 0.5) is 0 Å². The number of carbonyl (C=O) groups is 1. The molecule has 10 heteroatoms. The third-order valence-electron chi connectivity index (χ3n) is 4.99. The van der Waals surface area contributed by atoms with Gasteiger partial charge in [0, 0.05) is 6.54 Å². The standard InChI is InChI=1S/C21H26N2O7S/c1-14-12-23(20(15(2)30-14)21(24)22-25)31(26,27)19-9-7-17(8-10-19)29-13-16-5-4-6-18(11-16)28-3/h4-11,14-15,20,25H,12-13H2,1-3H3,(H,22,24)/t14-,15-,20+/m0/s1. The van der Waals surface area contributed by atoms with Gasteiger partial charge in [-0.2, -0.15) is 4.31 Å². The molecule has 0 unspecified atom stereocenters. The number of hydrogen-bond donors (Lipinski definition) is 2. The van der Waals surface area contributed by atoms with Crippen molar-refractivity contribution in [1.29, 1.82) is 0 Å². The molecule has 0 radical (unpaired) electrons. The van der Waals surface area contributed by atoms with Crippen molar-refractivity contribution in [3.8, 4) is 11.5 Å². The molecule has 0 aliphatic carbocycles. The van der Waals surface area contributed by atoms with Gasteiger partial charge in [0.25, 0.3) is 5.91 Å². The van der Waals surface area contributed by atoms with E-state index in [4.69, 9.17) is 19.4 Å². The molecule has 1 aliphatic heterocycles. The molecular formula is C21H26N2O7S. The zero-order chi connectivity index (χ0) is 22.6. The van der Waals surface area contributed by atoms with Crippen molar-refractivity contribution < 1.29 is 32.6 Å². The second-order valence-electron chi connectivity index (χ2n) is 7.26. The number of rotatable bonds is 7. The Bertz CT molecular complexity index is 1010. The summed E-state index contributed by atoms with van der Waals surface area (Å²) in [5.41, 5.74) is 2.44. The molecule has 9 nitrogen and oxygen atoms in total. The van der Waals surface area contributed by atoms with Gasteiger partial charge in [-0.05, 0) is 55.8 Å². The Morgan fingerprint density at radius 1 is 1.19 bits per heavy atom. The molecule has 2 aromatic carbocycles. The second-order valence-corrected chi connectivity index (χ2v) is 9.15. The minimum Gasteiger partial charge on any atom is -0.497 e. The van der Waals surface area contributed by atoms with Crippen LogP contribution in [0.15, 0.2) is 53.4 Å². The lowest BCUT2D eigenvalue weighted by atomic mass is 10.1. The Hall–Kier alpha value is -2.66. The number of amides is 1. The van der Waals surface area contributed by atoms with Crippen LogP contribution < -0.4 is 15.0 Å². The number of nitrogens with zero attached hydrogens (tertiary/aromatic N) is 1. The summed E-state index contributed by atoms with van der Waals surface area (Å²) in [5.74, 6) is 0.370. The van der Waals surface area contributed by atoms with E-state index < -0.39 is 34.2 Å². The number of methoxy groups -OCH3 is 1. The smallest absolute Gasteiger partial charge is 0.264 e. The maximum atomic E-state index is 13.2.